The van der Waals surface area contributed by atoms with E-state index in [4.69, 9.17) is 10.2 Å². The highest BCUT2D eigenvalue weighted by Gasteiger charge is 2.14. The molecule has 0 saturated carbocycles. The maximum Gasteiger partial charge on any atom is 0.336 e. The molecule has 0 bridgehead atoms. The quantitative estimate of drug-likeness (QED) is 0.437. The molecular weight excluding hydrogens is 220 g/mol. The highest BCUT2D eigenvalue weighted by molar-refractivity contribution is 5.68. The normalized spacial score (nSPS) is 11.1. The molecule has 0 aromatic carbocycles. The fourth-order valence-electron chi connectivity index (χ4n) is 1.45. The summed E-state index contributed by atoms with van der Waals surface area (Å²) in [6.45, 7) is -1.55. The Morgan fingerprint density at radius 2 is 1.62 bits per heavy atom. The van der Waals surface area contributed by atoms with E-state index in [0.29, 0.717) is 4.57 Å². The number of rotatable bonds is 2. The zero-order valence-electron chi connectivity index (χ0n) is 7.93. The molecule has 0 fully saturated rings. The van der Waals surface area contributed by atoms with Gasteiger partial charge in [0.05, 0.1) is 0 Å². The molecule has 0 saturated heterocycles. The van der Waals surface area contributed by atoms with Crippen molar-refractivity contribution in [2.45, 2.75) is 13.5 Å². The van der Waals surface area contributed by atoms with Crippen LogP contribution in [0.3, 0.4) is 0 Å². The topological polar surface area (TPSA) is 133 Å². The predicted molar refractivity (Wildman–Crippen MR) is 51.9 cm³/mol. The summed E-state index contributed by atoms with van der Waals surface area (Å²) in [5, 5.41) is 17.8. The van der Waals surface area contributed by atoms with Crippen LogP contribution in [0.25, 0.3) is 11.2 Å². The van der Waals surface area contributed by atoms with Gasteiger partial charge in [-0.3, -0.25) is 19.3 Å². The van der Waals surface area contributed by atoms with Gasteiger partial charge in [-0.1, -0.05) is 0 Å². The van der Waals surface area contributed by atoms with Crippen LogP contribution < -0.4 is 16.9 Å². The molecule has 0 amide bonds. The Balaban J connectivity index is 3.11. The Bertz CT molecular complexity index is 702. The van der Waals surface area contributed by atoms with Crippen molar-refractivity contribution in [2.75, 3.05) is 0 Å². The second kappa shape index (κ2) is 3.47. The molecule has 0 atom stereocenters. The minimum Gasteiger partial charge on any atom is -0.376 e. The molecule has 2 heterocycles. The zero-order valence-corrected chi connectivity index (χ0v) is 7.93. The highest BCUT2D eigenvalue weighted by atomic mass is 16.3. The summed E-state index contributed by atoms with van der Waals surface area (Å²) in [5.41, 5.74) is -2.69. The third-order valence-corrected chi connectivity index (χ3v) is 2.18. The first-order valence-electron chi connectivity index (χ1n) is 4.27. The van der Waals surface area contributed by atoms with Crippen LogP contribution in [0.5, 0.6) is 0 Å². The van der Waals surface area contributed by atoms with Crippen LogP contribution in [0.15, 0.2) is 14.4 Å². The van der Waals surface area contributed by atoms with Gasteiger partial charge in [0.2, 0.25) is 0 Å². The molecular formula is C7H8N4O5. The molecule has 2 aromatic rings. The second-order valence-corrected chi connectivity index (χ2v) is 3.03. The molecule has 9 nitrogen and oxygen atoms in total. The lowest BCUT2D eigenvalue weighted by atomic mass is 10.5. The van der Waals surface area contributed by atoms with Gasteiger partial charge in [-0.2, -0.15) is 0 Å². The van der Waals surface area contributed by atoms with Crippen LogP contribution in [0.1, 0.15) is 0 Å². The van der Waals surface area contributed by atoms with Crippen LogP contribution in [-0.4, -0.2) is 29.3 Å². The van der Waals surface area contributed by atoms with Crippen molar-refractivity contribution < 1.29 is 10.2 Å². The monoisotopic (exact) mass is 228 g/mol. The number of H-pyrrole nitrogens is 2. The fourth-order valence-corrected chi connectivity index (χ4v) is 1.45. The lowest BCUT2D eigenvalue weighted by Gasteiger charge is -2.06. The van der Waals surface area contributed by atoms with E-state index in [9.17, 15) is 14.4 Å². The van der Waals surface area contributed by atoms with Gasteiger partial charge >= 0.3 is 11.4 Å². The number of fused-ring (bicyclic) bond motifs is 1. The maximum atomic E-state index is 11.6. The van der Waals surface area contributed by atoms with E-state index in [1.165, 1.54) is 0 Å². The molecule has 16 heavy (non-hydrogen) atoms. The summed E-state index contributed by atoms with van der Waals surface area (Å²) >= 11 is 0. The van der Waals surface area contributed by atoms with E-state index in [2.05, 4.69) is 9.97 Å². The first-order chi connectivity index (χ1) is 7.60. The van der Waals surface area contributed by atoms with Crippen molar-refractivity contribution in [3.05, 3.63) is 31.3 Å². The van der Waals surface area contributed by atoms with Gasteiger partial charge in [-0.25, -0.2) is 14.2 Å². The van der Waals surface area contributed by atoms with Crippen LogP contribution in [-0.2, 0) is 13.5 Å². The molecule has 0 unspecified atom stereocenters. The lowest BCUT2D eigenvalue weighted by Crippen LogP contribution is -2.40. The molecule has 0 spiro atoms. The molecule has 0 aliphatic carbocycles. The average molecular weight is 228 g/mol. The van der Waals surface area contributed by atoms with E-state index in [1.807, 2.05) is 0 Å². The van der Waals surface area contributed by atoms with Crippen molar-refractivity contribution in [1.29, 1.82) is 0 Å². The van der Waals surface area contributed by atoms with Crippen molar-refractivity contribution in [1.82, 2.24) is 19.1 Å². The third kappa shape index (κ3) is 1.22. The van der Waals surface area contributed by atoms with Crippen LogP contribution >= 0.6 is 0 Å². The van der Waals surface area contributed by atoms with Crippen LogP contribution in [0.4, 0.5) is 0 Å². The summed E-state index contributed by atoms with van der Waals surface area (Å²) in [5.74, 6) is 0. The molecule has 9 heteroatoms. The van der Waals surface area contributed by atoms with Crippen molar-refractivity contribution >= 4 is 11.2 Å². The number of aromatic amines is 2. The van der Waals surface area contributed by atoms with E-state index in [0.717, 1.165) is 4.57 Å². The lowest BCUT2D eigenvalue weighted by molar-refractivity contribution is 0.179. The second-order valence-electron chi connectivity index (χ2n) is 3.03. The molecule has 0 aliphatic heterocycles. The summed E-state index contributed by atoms with van der Waals surface area (Å²) in [6, 6.07) is 0. The minimum atomic E-state index is -0.905. The van der Waals surface area contributed by atoms with E-state index in [1.54, 1.807) is 0 Å². The van der Waals surface area contributed by atoms with Crippen molar-refractivity contribution in [2.24, 2.45) is 0 Å². The first-order valence-corrected chi connectivity index (χ1v) is 4.27. The number of imidazole rings is 1. The number of nitrogens with zero attached hydrogens (tertiary/aromatic N) is 2. The minimum absolute atomic E-state index is 0.104. The third-order valence-electron chi connectivity index (χ3n) is 2.18. The largest absolute Gasteiger partial charge is 0.376 e. The average Bonchev–Trinajstić information content (AvgIpc) is 2.62. The van der Waals surface area contributed by atoms with Crippen molar-refractivity contribution in [3.8, 4) is 0 Å². The fraction of sp³-hybridized carbons (Fsp3) is 0.286. The standard InChI is InChI=1S/C7H8N4O5/c12-1-10-4-3(8-6(15)9-4)5(14)11(2-13)7(10)16/h12-13H,1-2H2,(H2,8,9,15). The molecule has 4 N–H and O–H groups in total. The van der Waals surface area contributed by atoms with Gasteiger partial charge in [0, 0.05) is 0 Å². The van der Waals surface area contributed by atoms with E-state index in [-0.39, 0.29) is 11.2 Å². The maximum absolute atomic E-state index is 11.6. The SMILES string of the molecule is O=c1[nH]c2c(=O)n(CO)c(=O)n(CO)c2[nH]1. The summed E-state index contributed by atoms with van der Waals surface area (Å²) in [4.78, 5) is 38.5. The van der Waals surface area contributed by atoms with Crippen LogP contribution in [0.2, 0.25) is 0 Å². The molecule has 2 aromatic heterocycles. The smallest absolute Gasteiger partial charge is 0.336 e. The van der Waals surface area contributed by atoms with Crippen LogP contribution in [0, 0.1) is 0 Å². The number of hydrogen-bond acceptors (Lipinski definition) is 5. The molecule has 86 valence electrons. The Morgan fingerprint density at radius 3 is 2.19 bits per heavy atom. The number of aromatic nitrogens is 4. The van der Waals surface area contributed by atoms with Crippen molar-refractivity contribution in [3.63, 3.8) is 0 Å². The highest BCUT2D eigenvalue weighted by Crippen LogP contribution is 1.97. The first kappa shape index (κ1) is 10.4. The van der Waals surface area contributed by atoms with E-state index >= 15 is 0 Å². The Kier molecular flexibility index (Phi) is 2.25. The van der Waals surface area contributed by atoms with Gasteiger partial charge in [0.15, 0.2) is 5.52 Å². The van der Waals surface area contributed by atoms with Gasteiger partial charge < -0.3 is 10.2 Å². The molecule has 0 aliphatic rings. The Labute approximate surface area is 86.2 Å². The zero-order chi connectivity index (χ0) is 11.9. The van der Waals surface area contributed by atoms with Gasteiger partial charge in [0.1, 0.15) is 19.1 Å². The van der Waals surface area contributed by atoms with Gasteiger partial charge in [-0.15, -0.1) is 0 Å². The number of aliphatic hydroxyl groups is 2. The van der Waals surface area contributed by atoms with Gasteiger partial charge in [0.25, 0.3) is 5.56 Å². The number of aliphatic hydroxyl groups excluding tert-OH is 2. The summed E-state index contributed by atoms with van der Waals surface area (Å²) in [7, 11) is 0. The Hall–Kier alpha value is -2.13. The van der Waals surface area contributed by atoms with E-state index < -0.39 is 30.4 Å². The van der Waals surface area contributed by atoms with Gasteiger partial charge in [-0.05, 0) is 0 Å². The summed E-state index contributed by atoms with van der Waals surface area (Å²) < 4.78 is 1.24. The predicted octanol–water partition coefficient (Wildman–Crippen LogP) is -2.92. The number of nitrogens with one attached hydrogen (secondary N) is 2. The molecule has 2 rings (SSSR count). The number of hydrogen-bond donors (Lipinski definition) is 4. The summed E-state index contributed by atoms with van der Waals surface area (Å²) in [6.07, 6.45) is 0. The Morgan fingerprint density at radius 1 is 1.00 bits per heavy atom. The molecule has 0 radical (unpaired) electrons.